The summed E-state index contributed by atoms with van der Waals surface area (Å²) in [4.78, 5) is 14.3. The van der Waals surface area contributed by atoms with E-state index in [1.165, 1.54) is 5.56 Å². The molecular weight excluding hydrogens is 248 g/mol. The molecule has 2 N–H and O–H groups in total. The van der Waals surface area contributed by atoms with Crippen molar-refractivity contribution >= 4 is 5.91 Å². The predicted molar refractivity (Wildman–Crippen MR) is 84.4 cm³/mol. The third kappa shape index (κ3) is 4.07. The molecule has 3 heteroatoms. The van der Waals surface area contributed by atoms with Crippen LogP contribution in [-0.2, 0) is 11.2 Å². The third-order valence-corrected chi connectivity index (χ3v) is 4.29. The van der Waals surface area contributed by atoms with Gasteiger partial charge in [0.2, 0.25) is 5.91 Å². The summed E-state index contributed by atoms with van der Waals surface area (Å²) < 4.78 is 0. The topological polar surface area (TPSA) is 46.3 Å². The molecule has 0 saturated heterocycles. The van der Waals surface area contributed by atoms with Crippen LogP contribution in [0.4, 0.5) is 0 Å². The Morgan fingerprint density at radius 2 is 1.70 bits per heavy atom. The number of carbonyl (C=O) groups excluding carboxylic acids is 1. The first kappa shape index (κ1) is 16.7. The number of aryl methyl sites for hydroxylation is 1. The smallest absolute Gasteiger partial charge is 0.229 e. The highest BCUT2D eigenvalue weighted by atomic mass is 16.2. The van der Waals surface area contributed by atoms with Gasteiger partial charge in [0.05, 0.1) is 5.41 Å². The zero-order valence-electron chi connectivity index (χ0n) is 13.4. The molecule has 0 aliphatic rings. The van der Waals surface area contributed by atoms with Gasteiger partial charge in [0.1, 0.15) is 0 Å². The minimum absolute atomic E-state index is 0.109. The van der Waals surface area contributed by atoms with E-state index < -0.39 is 11.0 Å². The zero-order chi connectivity index (χ0) is 15.4. The summed E-state index contributed by atoms with van der Waals surface area (Å²) in [5.41, 5.74) is 6.34. The number of nitrogens with zero attached hydrogens (tertiary/aromatic N) is 1. The summed E-state index contributed by atoms with van der Waals surface area (Å²) in [7, 11) is 1.86. The molecule has 0 atom stereocenters. The van der Waals surface area contributed by atoms with Gasteiger partial charge in [-0.1, -0.05) is 30.3 Å². The lowest BCUT2D eigenvalue weighted by molar-refractivity contribution is -0.142. The second-order valence-electron chi connectivity index (χ2n) is 6.66. The number of amides is 1. The summed E-state index contributed by atoms with van der Waals surface area (Å²) in [5.74, 6) is 0.109. The van der Waals surface area contributed by atoms with E-state index in [1.54, 1.807) is 4.90 Å². The van der Waals surface area contributed by atoms with Crippen LogP contribution < -0.4 is 5.73 Å². The third-order valence-electron chi connectivity index (χ3n) is 4.29. The Hall–Kier alpha value is -1.35. The van der Waals surface area contributed by atoms with Gasteiger partial charge in [-0.25, -0.2) is 0 Å². The summed E-state index contributed by atoms with van der Waals surface area (Å²) in [5, 5.41) is 0. The number of rotatable bonds is 6. The maximum atomic E-state index is 12.5. The minimum atomic E-state index is -0.561. The Morgan fingerprint density at radius 1 is 1.15 bits per heavy atom. The highest BCUT2D eigenvalue weighted by molar-refractivity contribution is 5.83. The van der Waals surface area contributed by atoms with Crippen LogP contribution in [-0.4, -0.2) is 29.9 Å². The van der Waals surface area contributed by atoms with Crippen molar-refractivity contribution in [3.05, 3.63) is 35.9 Å². The molecule has 0 aromatic heterocycles. The van der Waals surface area contributed by atoms with Gasteiger partial charge < -0.3 is 10.6 Å². The van der Waals surface area contributed by atoms with Gasteiger partial charge in [0, 0.05) is 19.1 Å². The Kier molecular flexibility index (Phi) is 5.35. The Morgan fingerprint density at radius 3 is 2.20 bits per heavy atom. The van der Waals surface area contributed by atoms with Gasteiger partial charge in [-0.3, -0.25) is 4.79 Å². The molecule has 1 amide bonds. The van der Waals surface area contributed by atoms with Gasteiger partial charge in [-0.05, 0) is 46.1 Å². The van der Waals surface area contributed by atoms with E-state index in [4.69, 9.17) is 5.73 Å². The number of hydrogen-bond acceptors (Lipinski definition) is 2. The van der Waals surface area contributed by atoms with Crippen LogP contribution in [0.2, 0.25) is 0 Å². The van der Waals surface area contributed by atoms with Crippen molar-refractivity contribution in [2.75, 3.05) is 13.6 Å². The second kappa shape index (κ2) is 6.40. The quantitative estimate of drug-likeness (QED) is 0.868. The van der Waals surface area contributed by atoms with Crippen molar-refractivity contribution in [2.45, 2.75) is 46.1 Å². The van der Waals surface area contributed by atoms with Crippen LogP contribution >= 0.6 is 0 Å². The number of nitrogens with two attached hydrogens (primary N) is 1. The molecule has 20 heavy (non-hydrogen) atoms. The van der Waals surface area contributed by atoms with Crippen molar-refractivity contribution in [1.82, 2.24) is 4.90 Å². The first-order valence-corrected chi connectivity index (χ1v) is 7.24. The minimum Gasteiger partial charge on any atom is -0.345 e. The van der Waals surface area contributed by atoms with E-state index >= 15 is 0 Å². The SMILES string of the molecule is CN(CCCc1ccccc1)C(=O)C(C)(C)C(C)(C)N. The lowest BCUT2D eigenvalue weighted by Crippen LogP contribution is -2.55. The van der Waals surface area contributed by atoms with Crippen molar-refractivity contribution in [1.29, 1.82) is 0 Å². The fourth-order valence-corrected chi connectivity index (χ4v) is 2.02. The van der Waals surface area contributed by atoms with Gasteiger partial charge in [-0.2, -0.15) is 0 Å². The zero-order valence-corrected chi connectivity index (χ0v) is 13.4. The highest BCUT2D eigenvalue weighted by Gasteiger charge is 2.41. The van der Waals surface area contributed by atoms with Crippen LogP contribution in [0.3, 0.4) is 0 Å². The van der Waals surface area contributed by atoms with E-state index in [2.05, 4.69) is 12.1 Å². The maximum absolute atomic E-state index is 12.5. The molecule has 0 unspecified atom stereocenters. The Labute approximate surface area is 123 Å². The fourth-order valence-electron chi connectivity index (χ4n) is 2.02. The van der Waals surface area contributed by atoms with Gasteiger partial charge in [-0.15, -0.1) is 0 Å². The largest absolute Gasteiger partial charge is 0.345 e. The fraction of sp³-hybridized carbons (Fsp3) is 0.588. The molecule has 1 aromatic carbocycles. The van der Waals surface area contributed by atoms with Crippen LogP contribution in [0, 0.1) is 5.41 Å². The van der Waals surface area contributed by atoms with Crippen LogP contribution in [0.1, 0.15) is 39.7 Å². The van der Waals surface area contributed by atoms with Crippen molar-refractivity contribution in [3.8, 4) is 0 Å². The first-order valence-electron chi connectivity index (χ1n) is 7.24. The summed E-state index contributed by atoms with van der Waals surface area (Å²) in [6.07, 6.45) is 1.96. The molecule has 1 rings (SSSR count). The molecule has 0 bridgehead atoms. The Bertz CT molecular complexity index is 432. The Balaban J connectivity index is 2.51. The molecule has 3 nitrogen and oxygen atoms in total. The lowest BCUT2D eigenvalue weighted by Gasteiger charge is -2.39. The number of hydrogen-bond donors (Lipinski definition) is 1. The van der Waals surface area contributed by atoms with E-state index in [0.29, 0.717) is 0 Å². The van der Waals surface area contributed by atoms with Crippen molar-refractivity contribution in [2.24, 2.45) is 11.1 Å². The summed E-state index contributed by atoms with van der Waals surface area (Å²) in [6.45, 7) is 8.41. The molecule has 0 fully saturated rings. The summed E-state index contributed by atoms with van der Waals surface area (Å²) in [6, 6.07) is 10.4. The standard InChI is InChI=1S/C17H28N2O/c1-16(2,17(3,4)18)15(20)19(5)13-9-12-14-10-7-6-8-11-14/h6-8,10-11H,9,12-13,18H2,1-5H3. The molecule has 0 aliphatic heterocycles. The molecule has 1 aromatic rings. The van der Waals surface area contributed by atoms with E-state index in [-0.39, 0.29) is 5.91 Å². The molecule has 0 heterocycles. The monoisotopic (exact) mass is 276 g/mol. The first-order chi connectivity index (χ1) is 9.16. The van der Waals surface area contributed by atoms with E-state index in [9.17, 15) is 4.79 Å². The predicted octanol–water partition coefficient (Wildman–Crippen LogP) is 2.84. The molecular formula is C17H28N2O. The number of carbonyl (C=O) groups is 1. The van der Waals surface area contributed by atoms with Crippen molar-refractivity contribution in [3.63, 3.8) is 0 Å². The average molecular weight is 276 g/mol. The summed E-state index contributed by atoms with van der Waals surface area (Å²) >= 11 is 0. The van der Waals surface area contributed by atoms with Gasteiger partial charge >= 0.3 is 0 Å². The molecule has 0 radical (unpaired) electrons. The van der Waals surface area contributed by atoms with Crippen LogP contribution in [0.15, 0.2) is 30.3 Å². The van der Waals surface area contributed by atoms with E-state index in [1.807, 2.05) is 52.9 Å². The lowest BCUT2D eigenvalue weighted by atomic mass is 9.74. The second-order valence-corrected chi connectivity index (χ2v) is 6.66. The average Bonchev–Trinajstić information content (AvgIpc) is 2.37. The number of benzene rings is 1. The molecule has 0 spiro atoms. The van der Waals surface area contributed by atoms with E-state index in [0.717, 1.165) is 19.4 Å². The molecule has 0 saturated carbocycles. The molecule has 0 aliphatic carbocycles. The maximum Gasteiger partial charge on any atom is 0.229 e. The van der Waals surface area contributed by atoms with Crippen LogP contribution in [0.25, 0.3) is 0 Å². The van der Waals surface area contributed by atoms with Crippen molar-refractivity contribution < 1.29 is 4.79 Å². The molecule has 112 valence electrons. The van der Waals surface area contributed by atoms with Gasteiger partial charge in [0.15, 0.2) is 0 Å². The highest BCUT2D eigenvalue weighted by Crippen LogP contribution is 2.30. The van der Waals surface area contributed by atoms with Crippen LogP contribution in [0.5, 0.6) is 0 Å². The normalized spacial score (nSPS) is 12.3. The van der Waals surface area contributed by atoms with Gasteiger partial charge in [0.25, 0.3) is 0 Å².